The summed E-state index contributed by atoms with van der Waals surface area (Å²) in [6, 6.07) is 8.91. The van der Waals surface area contributed by atoms with Gasteiger partial charge in [-0.25, -0.2) is 4.68 Å². The van der Waals surface area contributed by atoms with Crippen LogP contribution in [0.15, 0.2) is 24.3 Å². The largest absolute Gasteiger partial charge is 0.480 e. The summed E-state index contributed by atoms with van der Waals surface area (Å²) in [5.74, 6) is 0.548. The van der Waals surface area contributed by atoms with E-state index >= 15 is 0 Å². The summed E-state index contributed by atoms with van der Waals surface area (Å²) in [4.78, 5) is 14.8. The molecule has 1 atom stereocenters. The molecule has 1 aromatic carbocycles. The molecule has 0 unspecified atom stereocenters. The molecule has 3 rings (SSSR count). The van der Waals surface area contributed by atoms with Crippen molar-refractivity contribution in [1.82, 2.24) is 9.78 Å². The number of amides is 1. The summed E-state index contributed by atoms with van der Waals surface area (Å²) in [6.45, 7) is 4.79. The number of benzene rings is 1. The number of fused-ring (bicyclic) bond motifs is 1. The number of aryl methyl sites for hydroxylation is 3. The molecular formula is C19H26N4O2. The highest BCUT2D eigenvalue weighted by molar-refractivity contribution is 5.93. The van der Waals surface area contributed by atoms with E-state index in [2.05, 4.69) is 46.5 Å². The number of hydrogen-bond donors (Lipinski definition) is 1. The number of nitrogens with zero attached hydrogens (tertiary/aromatic N) is 3. The Bertz CT molecular complexity index is 769. The highest BCUT2D eigenvalue weighted by atomic mass is 16.5. The Morgan fingerprint density at radius 2 is 2.16 bits per heavy atom. The first-order valence-electron chi connectivity index (χ1n) is 8.73. The molecule has 1 N–H and O–H groups in total. The normalized spacial score (nSPS) is 16.5. The van der Waals surface area contributed by atoms with Crippen LogP contribution in [0.5, 0.6) is 5.88 Å². The third-order valence-corrected chi connectivity index (χ3v) is 4.87. The third kappa shape index (κ3) is 3.48. The fourth-order valence-corrected chi connectivity index (χ4v) is 3.54. The molecule has 0 bridgehead atoms. The molecule has 2 heterocycles. The first kappa shape index (κ1) is 17.3. The number of para-hydroxylation sites is 1. The number of carbonyl (C=O) groups is 1. The molecule has 1 amide bonds. The minimum Gasteiger partial charge on any atom is -0.480 e. The number of nitrogens with one attached hydrogen (secondary N) is 1. The zero-order valence-electron chi connectivity index (χ0n) is 15.4. The Labute approximate surface area is 148 Å². The van der Waals surface area contributed by atoms with Gasteiger partial charge in [0.05, 0.1) is 12.8 Å². The molecule has 25 heavy (non-hydrogen) atoms. The van der Waals surface area contributed by atoms with Crippen molar-refractivity contribution >= 4 is 17.3 Å². The molecule has 0 fully saturated rings. The maximum absolute atomic E-state index is 12.5. The van der Waals surface area contributed by atoms with Gasteiger partial charge >= 0.3 is 0 Å². The highest BCUT2D eigenvalue weighted by Gasteiger charge is 2.23. The molecule has 0 saturated carbocycles. The van der Waals surface area contributed by atoms with Gasteiger partial charge in [-0.1, -0.05) is 18.2 Å². The van der Waals surface area contributed by atoms with Crippen molar-refractivity contribution < 1.29 is 9.53 Å². The molecule has 6 heteroatoms. The van der Waals surface area contributed by atoms with E-state index in [4.69, 9.17) is 4.74 Å². The lowest BCUT2D eigenvalue weighted by Gasteiger charge is -2.37. The van der Waals surface area contributed by atoms with Gasteiger partial charge < -0.3 is 15.0 Å². The van der Waals surface area contributed by atoms with Gasteiger partial charge in [0.15, 0.2) is 0 Å². The van der Waals surface area contributed by atoms with Gasteiger partial charge in [0, 0.05) is 31.7 Å². The van der Waals surface area contributed by atoms with Crippen LogP contribution in [0.3, 0.4) is 0 Å². The molecule has 134 valence electrons. The van der Waals surface area contributed by atoms with Crippen LogP contribution in [0.4, 0.5) is 11.4 Å². The number of ether oxygens (including phenoxy) is 1. The Balaban J connectivity index is 1.67. The maximum atomic E-state index is 12.5. The number of methoxy groups -OCH3 is 1. The molecule has 0 radical (unpaired) electrons. The van der Waals surface area contributed by atoms with Gasteiger partial charge in [-0.05, 0) is 38.3 Å². The van der Waals surface area contributed by atoms with E-state index in [1.165, 1.54) is 11.3 Å². The van der Waals surface area contributed by atoms with Gasteiger partial charge in [-0.2, -0.15) is 5.10 Å². The molecule has 2 aromatic rings. The molecule has 1 aliphatic rings. The minimum atomic E-state index is -0.0235. The van der Waals surface area contributed by atoms with Crippen LogP contribution in [0, 0.1) is 6.92 Å². The lowest BCUT2D eigenvalue weighted by molar-refractivity contribution is -0.116. The van der Waals surface area contributed by atoms with Crippen molar-refractivity contribution in [1.29, 1.82) is 0 Å². The van der Waals surface area contributed by atoms with Crippen molar-refractivity contribution in [3.8, 4) is 5.88 Å². The van der Waals surface area contributed by atoms with Gasteiger partial charge in [0.25, 0.3) is 0 Å². The van der Waals surface area contributed by atoms with Crippen molar-refractivity contribution in [2.75, 3.05) is 23.9 Å². The standard InChI is InChI=1S/C19H26N4O2/c1-13-9-10-15-7-5-6-8-16(15)23(13)12-11-17(24)20-18-14(2)21-22(3)19(18)25-4/h5-8,13H,9-12H2,1-4H3,(H,20,24)/t13-/m1/s1. The summed E-state index contributed by atoms with van der Waals surface area (Å²) >= 11 is 0. The quantitative estimate of drug-likeness (QED) is 0.908. The fourth-order valence-electron chi connectivity index (χ4n) is 3.54. The summed E-state index contributed by atoms with van der Waals surface area (Å²) < 4.78 is 6.96. The molecule has 0 aliphatic carbocycles. The average molecular weight is 342 g/mol. The van der Waals surface area contributed by atoms with Crippen LogP contribution in [0.2, 0.25) is 0 Å². The topological polar surface area (TPSA) is 59.4 Å². The lowest BCUT2D eigenvalue weighted by Crippen LogP contribution is -2.39. The summed E-state index contributed by atoms with van der Waals surface area (Å²) in [7, 11) is 3.38. The average Bonchev–Trinajstić information content (AvgIpc) is 2.86. The van der Waals surface area contributed by atoms with Crippen LogP contribution >= 0.6 is 0 Å². The van der Waals surface area contributed by atoms with Gasteiger partial charge in [-0.3, -0.25) is 4.79 Å². The summed E-state index contributed by atoms with van der Waals surface area (Å²) in [5, 5.41) is 7.25. The van der Waals surface area contributed by atoms with E-state index in [1.54, 1.807) is 18.8 Å². The van der Waals surface area contributed by atoms with Crippen molar-refractivity contribution in [2.45, 2.75) is 39.2 Å². The minimum absolute atomic E-state index is 0.0235. The van der Waals surface area contributed by atoms with Crippen LogP contribution in [0.25, 0.3) is 0 Å². The van der Waals surface area contributed by atoms with Crippen molar-refractivity contribution in [3.05, 3.63) is 35.5 Å². The molecular weight excluding hydrogens is 316 g/mol. The van der Waals surface area contributed by atoms with Crippen LogP contribution < -0.4 is 15.0 Å². The second-order valence-electron chi connectivity index (χ2n) is 6.60. The molecule has 1 aliphatic heterocycles. The lowest BCUT2D eigenvalue weighted by atomic mass is 9.96. The number of anilines is 2. The van der Waals surface area contributed by atoms with E-state index in [0.29, 0.717) is 30.6 Å². The number of aromatic nitrogens is 2. The van der Waals surface area contributed by atoms with E-state index in [9.17, 15) is 4.79 Å². The molecule has 0 saturated heterocycles. The van der Waals surface area contributed by atoms with Crippen LogP contribution in [-0.4, -0.2) is 35.4 Å². The number of hydrogen-bond acceptors (Lipinski definition) is 4. The van der Waals surface area contributed by atoms with Crippen LogP contribution in [-0.2, 0) is 18.3 Å². The zero-order chi connectivity index (χ0) is 18.0. The fraction of sp³-hybridized carbons (Fsp3) is 0.474. The van der Waals surface area contributed by atoms with Gasteiger partial charge in [-0.15, -0.1) is 0 Å². The van der Waals surface area contributed by atoms with E-state index < -0.39 is 0 Å². The second-order valence-corrected chi connectivity index (χ2v) is 6.60. The predicted molar refractivity (Wildman–Crippen MR) is 99.3 cm³/mol. The van der Waals surface area contributed by atoms with E-state index in [-0.39, 0.29) is 5.91 Å². The Morgan fingerprint density at radius 1 is 1.40 bits per heavy atom. The van der Waals surface area contributed by atoms with Gasteiger partial charge in [0.1, 0.15) is 5.69 Å². The first-order chi connectivity index (χ1) is 12.0. The monoisotopic (exact) mass is 342 g/mol. The Kier molecular flexibility index (Phi) is 4.97. The van der Waals surface area contributed by atoms with Crippen LogP contribution in [0.1, 0.15) is 31.0 Å². The second kappa shape index (κ2) is 7.17. The maximum Gasteiger partial charge on any atom is 0.236 e. The third-order valence-electron chi connectivity index (χ3n) is 4.87. The Morgan fingerprint density at radius 3 is 2.92 bits per heavy atom. The number of carbonyl (C=O) groups excluding carboxylic acids is 1. The molecule has 1 aromatic heterocycles. The molecule has 0 spiro atoms. The summed E-state index contributed by atoms with van der Waals surface area (Å²) in [6.07, 6.45) is 2.65. The summed E-state index contributed by atoms with van der Waals surface area (Å²) in [5.41, 5.74) is 4.03. The smallest absolute Gasteiger partial charge is 0.236 e. The highest BCUT2D eigenvalue weighted by Crippen LogP contribution is 2.31. The first-order valence-corrected chi connectivity index (χ1v) is 8.73. The van der Waals surface area contributed by atoms with Crippen molar-refractivity contribution in [2.24, 2.45) is 7.05 Å². The van der Waals surface area contributed by atoms with Crippen molar-refractivity contribution in [3.63, 3.8) is 0 Å². The number of rotatable bonds is 5. The Hall–Kier alpha value is -2.50. The zero-order valence-corrected chi connectivity index (χ0v) is 15.4. The van der Waals surface area contributed by atoms with Gasteiger partial charge in [0.2, 0.25) is 11.8 Å². The van der Waals surface area contributed by atoms with E-state index in [0.717, 1.165) is 18.5 Å². The molecule has 6 nitrogen and oxygen atoms in total. The predicted octanol–water partition coefficient (Wildman–Crippen LogP) is 2.91. The SMILES string of the molecule is COc1c(NC(=O)CCN2c3ccccc3CC[C@H]2C)c(C)nn1C. The van der Waals surface area contributed by atoms with E-state index in [1.807, 2.05) is 6.92 Å².